The van der Waals surface area contributed by atoms with Gasteiger partial charge in [0.1, 0.15) is 10.8 Å². The molecule has 0 aliphatic carbocycles. The first-order valence-electron chi connectivity index (χ1n) is 7.57. The molecule has 5 nitrogen and oxygen atoms in total. The van der Waals surface area contributed by atoms with Gasteiger partial charge in [-0.25, -0.2) is 9.78 Å². The Bertz CT molecular complexity index is 513. The summed E-state index contributed by atoms with van der Waals surface area (Å²) >= 11 is 5.81. The number of carbonyl (C=O) groups excluding carboxylic acids is 1. The maximum Gasteiger partial charge on any atom is 0.410 e. The van der Waals surface area contributed by atoms with Crippen LogP contribution >= 0.6 is 11.6 Å². The van der Waals surface area contributed by atoms with Gasteiger partial charge in [0.15, 0.2) is 0 Å². The summed E-state index contributed by atoms with van der Waals surface area (Å²) in [5.41, 5.74) is 0.675. The zero-order valence-corrected chi connectivity index (χ0v) is 14.4. The molecule has 2 rings (SSSR count). The molecule has 0 aromatic carbocycles. The summed E-state index contributed by atoms with van der Waals surface area (Å²) in [6.07, 6.45) is 1.57. The van der Waals surface area contributed by atoms with E-state index in [-0.39, 0.29) is 12.1 Å². The van der Waals surface area contributed by atoms with Gasteiger partial charge in [0.25, 0.3) is 0 Å². The van der Waals surface area contributed by atoms with Crippen molar-refractivity contribution in [1.29, 1.82) is 0 Å². The maximum atomic E-state index is 12.1. The van der Waals surface area contributed by atoms with Gasteiger partial charge in [-0.2, -0.15) is 0 Å². The van der Waals surface area contributed by atoms with Gasteiger partial charge in [-0.3, -0.25) is 4.90 Å². The van der Waals surface area contributed by atoms with Crippen LogP contribution in [0.1, 0.15) is 33.3 Å². The molecule has 1 fully saturated rings. The van der Waals surface area contributed by atoms with Crippen LogP contribution in [0, 0.1) is 0 Å². The first kappa shape index (κ1) is 17.0. The number of hydrogen-bond donors (Lipinski definition) is 0. The van der Waals surface area contributed by atoms with Crippen LogP contribution in [0.5, 0.6) is 0 Å². The second kappa shape index (κ2) is 6.84. The monoisotopic (exact) mass is 325 g/mol. The van der Waals surface area contributed by atoms with E-state index in [0.29, 0.717) is 18.2 Å². The molecule has 0 saturated carbocycles. The van der Waals surface area contributed by atoms with Crippen LogP contribution in [0.15, 0.2) is 18.3 Å². The third kappa shape index (κ3) is 4.85. The van der Waals surface area contributed by atoms with Gasteiger partial charge >= 0.3 is 6.09 Å². The first-order valence-corrected chi connectivity index (χ1v) is 7.95. The fraction of sp³-hybridized carbons (Fsp3) is 0.625. The molecule has 1 aliphatic heterocycles. The molecule has 22 heavy (non-hydrogen) atoms. The predicted octanol–water partition coefficient (Wildman–Crippen LogP) is 3.18. The lowest BCUT2D eigenvalue weighted by atomic mass is 10.1. The highest BCUT2D eigenvalue weighted by Crippen LogP contribution is 2.17. The number of hydrogen-bond acceptors (Lipinski definition) is 4. The summed E-state index contributed by atoms with van der Waals surface area (Å²) in [7, 11) is 0. The maximum absolute atomic E-state index is 12.1. The van der Waals surface area contributed by atoms with E-state index >= 15 is 0 Å². The van der Waals surface area contributed by atoms with Crippen molar-refractivity contribution in [3.05, 3.63) is 29.0 Å². The van der Waals surface area contributed by atoms with Crippen molar-refractivity contribution in [3.63, 3.8) is 0 Å². The molecular formula is C16H24ClN3O2. The third-order valence-corrected chi connectivity index (χ3v) is 3.81. The van der Waals surface area contributed by atoms with E-state index in [1.54, 1.807) is 17.2 Å². The van der Waals surface area contributed by atoms with Crippen molar-refractivity contribution >= 4 is 17.7 Å². The van der Waals surface area contributed by atoms with Crippen molar-refractivity contribution < 1.29 is 9.53 Å². The number of ether oxygens (including phenoxy) is 1. The molecule has 0 bridgehead atoms. The van der Waals surface area contributed by atoms with Crippen molar-refractivity contribution in [2.45, 2.75) is 45.9 Å². The number of pyridine rings is 1. The number of piperazine rings is 1. The molecule has 1 saturated heterocycles. The van der Waals surface area contributed by atoms with E-state index in [9.17, 15) is 4.79 Å². The van der Waals surface area contributed by atoms with Gasteiger partial charge in [-0.15, -0.1) is 0 Å². The van der Waals surface area contributed by atoms with Crippen LogP contribution in [0.25, 0.3) is 0 Å². The zero-order chi connectivity index (χ0) is 16.3. The van der Waals surface area contributed by atoms with Crippen molar-refractivity contribution in [3.8, 4) is 0 Å². The minimum Gasteiger partial charge on any atom is -0.444 e. The van der Waals surface area contributed by atoms with E-state index in [1.165, 1.54) is 0 Å². The fourth-order valence-electron chi connectivity index (χ4n) is 2.46. The number of carbonyl (C=O) groups is 1. The molecule has 0 radical (unpaired) electrons. The largest absolute Gasteiger partial charge is 0.444 e. The Morgan fingerprint density at radius 3 is 2.68 bits per heavy atom. The minimum absolute atomic E-state index is 0.229. The smallest absolute Gasteiger partial charge is 0.410 e. The summed E-state index contributed by atoms with van der Waals surface area (Å²) in [6, 6.07) is 4.07. The van der Waals surface area contributed by atoms with Crippen molar-refractivity contribution in [2.24, 2.45) is 0 Å². The van der Waals surface area contributed by atoms with E-state index in [0.717, 1.165) is 18.7 Å². The van der Waals surface area contributed by atoms with Crippen molar-refractivity contribution in [2.75, 3.05) is 19.6 Å². The Morgan fingerprint density at radius 1 is 1.41 bits per heavy atom. The van der Waals surface area contributed by atoms with E-state index < -0.39 is 5.60 Å². The molecule has 1 aliphatic rings. The highest BCUT2D eigenvalue weighted by Gasteiger charge is 2.29. The normalized spacial score (nSPS) is 20.0. The standard InChI is InChI=1S/C16H24ClN3O2/c1-12-10-20(15(21)22-16(2,3)4)8-7-19(12)11-13-5-6-14(17)18-9-13/h5-6,9,12H,7-8,10-11H2,1-4H3/t12-/m1/s1. The van der Waals surface area contributed by atoms with E-state index in [1.807, 2.05) is 26.8 Å². The number of aromatic nitrogens is 1. The summed E-state index contributed by atoms with van der Waals surface area (Å²) in [5, 5.41) is 0.506. The van der Waals surface area contributed by atoms with Crippen LogP contribution in [0.4, 0.5) is 4.79 Å². The van der Waals surface area contributed by atoms with Crippen LogP contribution in [-0.4, -0.2) is 52.2 Å². The highest BCUT2D eigenvalue weighted by molar-refractivity contribution is 6.29. The Labute approximate surface area is 137 Å². The number of halogens is 1. The van der Waals surface area contributed by atoms with Gasteiger partial charge in [-0.1, -0.05) is 17.7 Å². The van der Waals surface area contributed by atoms with Gasteiger partial charge in [0, 0.05) is 38.4 Å². The van der Waals surface area contributed by atoms with Crippen LogP contribution in [0.2, 0.25) is 5.15 Å². The summed E-state index contributed by atoms with van der Waals surface area (Å²) in [4.78, 5) is 20.4. The quantitative estimate of drug-likeness (QED) is 0.783. The Morgan fingerprint density at radius 2 is 2.14 bits per heavy atom. The zero-order valence-electron chi connectivity index (χ0n) is 13.7. The topological polar surface area (TPSA) is 45.7 Å². The average molecular weight is 326 g/mol. The van der Waals surface area contributed by atoms with Gasteiger partial charge in [0.2, 0.25) is 0 Å². The Hall–Kier alpha value is -1.33. The molecule has 1 amide bonds. The lowest BCUT2D eigenvalue weighted by Gasteiger charge is -2.40. The summed E-state index contributed by atoms with van der Waals surface area (Å²) in [6.45, 7) is 10.8. The second-order valence-corrected chi connectivity index (χ2v) is 7.12. The fourth-order valence-corrected chi connectivity index (χ4v) is 2.57. The molecule has 0 unspecified atom stereocenters. The minimum atomic E-state index is -0.452. The summed E-state index contributed by atoms with van der Waals surface area (Å²) in [5.74, 6) is 0. The number of amides is 1. The first-order chi connectivity index (χ1) is 10.2. The molecule has 1 aromatic rings. The molecule has 2 heterocycles. The Kier molecular flexibility index (Phi) is 5.29. The van der Waals surface area contributed by atoms with Gasteiger partial charge in [-0.05, 0) is 39.3 Å². The van der Waals surface area contributed by atoms with Crippen LogP contribution < -0.4 is 0 Å². The molecule has 122 valence electrons. The molecule has 1 aromatic heterocycles. The molecule has 1 atom stereocenters. The van der Waals surface area contributed by atoms with Gasteiger partial charge < -0.3 is 9.64 Å². The number of nitrogens with zero attached hydrogens (tertiary/aromatic N) is 3. The van der Waals surface area contributed by atoms with E-state index in [4.69, 9.17) is 16.3 Å². The van der Waals surface area contributed by atoms with Crippen LogP contribution in [-0.2, 0) is 11.3 Å². The summed E-state index contributed by atoms with van der Waals surface area (Å²) < 4.78 is 5.44. The highest BCUT2D eigenvalue weighted by atomic mass is 35.5. The Balaban J connectivity index is 1.90. The average Bonchev–Trinajstić information content (AvgIpc) is 2.41. The SMILES string of the molecule is C[C@@H]1CN(C(=O)OC(C)(C)C)CCN1Cc1ccc(Cl)nc1. The molecule has 6 heteroatoms. The predicted molar refractivity (Wildman–Crippen MR) is 86.9 cm³/mol. The van der Waals surface area contributed by atoms with Gasteiger partial charge in [0.05, 0.1) is 0 Å². The molecular weight excluding hydrogens is 302 g/mol. The van der Waals surface area contributed by atoms with Crippen molar-refractivity contribution in [1.82, 2.24) is 14.8 Å². The molecule has 0 spiro atoms. The second-order valence-electron chi connectivity index (χ2n) is 6.74. The third-order valence-electron chi connectivity index (χ3n) is 3.59. The lowest BCUT2D eigenvalue weighted by Crippen LogP contribution is -2.54. The lowest BCUT2D eigenvalue weighted by molar-refractivity contribution is 0.00460. The van der Waals surface area contributed by atoms with Crippen LogP contribution in [0.3, 0.4) is 0 Å². The van der Waals surface area contributed by atoms with E-state index in [2.05, 4.69) is 16.8 Å². The molecule has 0 N–H and O–H groups in total. The number of rotatable bonds is 2.